The smallest absolute Gasteiger partial charge is 0.270 e. The molecule has 2 aromatic rings. The van der Waals surface area contributed by atoms with Crippen LogP contribution < -0.4 is 4.74 Å². The molecule has 0 bridgehead atoms. The largest absolute Gasteiger partial charge is 0.497 e. The van der Waals surface area contributed by atoms with E-state index in [4.69, 9.17) is 4.74 Å². The van der Waals surface area contributed by atoms with E-state index in [-0.39, 0.29) is 29.5 Å². The Balaban J connectivity index is 1.71. The van der Waals surface area contributed by atoms with Gasteiger partial charge in [0.1, 0.15) is 11.4 Å². The number of nitrogens with zero attached hydrogens (tertiary/aromatic N) is 3. The number of amides is 1. The van der Waals surface area contributed by atoms with Gasteiger partial charge in [0.05, 0.1) is 30.2 Å². The number of aryl methyl sites for hydroxylation is 1. The van der Waals surface area contributed by atoms with Gasteiger partial charge in [-0.25, -0.2) is 8.42 Å². The fourth-order valence-electron chi connectivity index (χ4n) is 4.17. The molecule has 8 heteroatoms. The Kier molecular flexibility index (Phi) is 4.00. The van der Waals surface area contributed by atoms with Crippen molar-refractivity contribution < 1.29 is 17.9 Å². The van der Waals surface area contributed by atoms with Crippen molar-refractivity contribution in [3.8, 4) is 5.75 Å². The maximum atomic E-state index is 13.3. The average molecular weight is 377 g/mol. The number of benzene rings is 1. The van der Waals surface area contributed by atoms with Gasteiger partial charge in [-0.05, 0) is 25.2 Å². The van der Waals surface area contributed by atoms with Gasteiger partial charge in [-0.1, -0.05) is 0 Å². The van der Waals surface area contributed by atoms with Crippen molar-refractivity contribution in [2.75, 3.05) is 38.8 Å². The third-order valence-corrected chi connectivity index (χ3v) is 7.38. The lowest BCUT2D eigenvalue weighted by Crippen LogP contribution is -2.59. The second-order valence-electron chi connectivity index (χ2n) is 7.20. The number of likely N-dealkylation sites (N-methyl/N-ethyl adjacent to an activating group) is 1. The van der Waals surface area contributed by atoms with Crippen molar-refractivity contribution in [3.63, 3.8) is 0 Å². The summed E-state index contributed by atoms with van der Waals surface area (Å²) in [5.41, 5.74) is 1.48. The monoisotopic (exact) mass is 377 g/mol. The average Bonchev–Trinajstić information content (AvgIpc) is 3.11. The number of aromatic nitrogens is 1. The van der Waals surface area contributed by atoms with Gasteiger partial charge in [-0.2, -0.15) is 0 Å². The van der Waals surface area contributed by atoms with Gasteiger partial charge in [0.15, 0.2) is 9.84 Å². The lowest BCUT2D eigenvalue weighted by atomic mass is 10.0. The molecule has 0 saturated carbocycles. The highest BCUT2D eigenvalue weighted by Crippen LogP contribution is 2.29. The summed E-state index contributed by atoms with van der Waals surface area (Å²) in [6, 6.07) is 7.17. The molecule has 2 fully saturated rings. The lowest BCUT2D eigenvalue weighted by molar-refractivity contribution is 0.0402. The molecule has 0 N–H and O–H groups in total. The zero-order valence-electron chi connectivity index (χ0n) is 15.2. The maximum Gasteiger partial charge on any atom is 0.270 e. The Morgan fingerprint density at radius 2 is 1.85 bits per heavy atom. The molecule has 0 aliphatic carbocycles. The predicted octanol–water partition coefficient (Wildman–Crippen LogP) is 0.740. The van der Waals surface area contributed by atoms with Crippen LogP contribution in [0.4, 0.5) is 0 Å². The second kappa shape index (κ2) is 5.99. The maximum absolute atomic E-state index is 13.3. The molecule has 2 atom stereocenters. The minimum atomic E-state index is -3.11. The number of piperazine rings is 1. The highest BCUT2D eigenvalue weighted by atomic mass is 32.2. The summed E-state index contributed by atoms with van der Waals surface area (Å²) in [7, 11) is 2.29. The molecule has 26 heavy (non-hydrogen) atoms. The van der Waals surface area contributed by atoms with Crippen molar-refractivity contribution in [3.05, 3.63) is 30.0 Å². The Bertz CT molecular complexity index is 982. The molecular weight excluding hydrogens is 354 g/mol. The summed E-state index contributed by atoms with van der Waals surface area (Å²) >= 11 is 0. The molecule has 3 heterocycles. The third-order valence-electron chi connectivity index (χ3n) is 5.69. The van der Waals surface area contributed by atoms with Crippen molar-refractivity contribution in [2.24, 2.45) is 7.05 Å². The van der Waals surface area contributed by atoms with Gasteiger partial charge in [-0.15, -0.1) is 0 Å². The number of sulfone groups is 1. The first-order valence-electron chi connectivity index (χ1n) is 8.66. The van der Waals surface area contributed by atoms with Crippen LogP contribution in [0.1, 0.15) is 10.5 Å². The van der Waals surface area contributed by atoms with Crippen LogP contribution >= 0.6 is 0 Å². The summed E-state index contributed by atoms with van der Waals surface area (Å²) in [6.07, 6.45) is 0. The normalized spacial score (nSPS) is 25.4. The van der Waals surface area contributed by atoms with E-state index >= 15 is 0 Å². The van der Waals surface area contributed by atoms with E-state index in [1.807, 2.05) is 42.9 Å². The van der Waals surface area contributed by atoms with E-state index in [2.05, 4.69) is 4.90 Å². The quantitative estimate of drug-likeness (QED) is 0.772. The number of methoxy groups -OCH3 is 1. The topological polar surface area (TPSA) is 71.8 Å². The van der Waals surface area contributed by atoms with Crippen molar-refractivity contribution in [2.45, 2.75) is 12.1 Å². The Morgan fingerprint density at radius 3 is 2.58 bits per heavy atom. The van der Waals surface area contributed by atoms with Crippen LogP contribution in [0.2, 0.25) is 0 Å². The summed E-state index contributed by atoms with van der Waals surface area (Å²) in [4.78, 5) is 17.1. The first kappa shape index (κ1) is 17.4. The molecule has 2 saturated heterocycles. The van der Waals surface area contributed by atoms with E-state index in [0.29, 0.717) is 18.8 Å². The van der Waals surface area contributed by atoms with Crippen molar-refractivity contribution in [1.29, 1.82) is 0 Å². The minimum absolute atomic E-state index is 0.0471. The number of hydrogen-bond donors (Lipinski definition) is 0. The van der Waals surface area contributed by atoms with E-state index < -0.39 is 9.84 Å². The lowest BCUT2D eigenvalue weighted by Gasteiger charge is -2.42. The van der Waals surface area contributed by atoms with E-state index in [1.165, 1.54) is 0 Å². The summed E-state index contributed by atoms with van der Waals surface area (Å²) < 4.78 is 31.4. The van der Waals surface area contributed by atoms with Crippen LogP contribution in [0.25, 0.3) is 10.9 Å². The van der Waals surface area contributed by atoms with Crippen LogP contribution in [0.15, 0.2) is 24.3 Å². The molecule has 2 aliphatic rings. The second-order valence-corrected chi connectivity index (χ2v) is 9.36. The zero-order valence-corrected chi connectivity index (χ0v) is 16.0. The Morgan fingerprint density at radius 1 is 1.12 bits per heavy atom. The van der Waals surface area contributed by atoms with Crippen LogP contribution in [0.5, 0.6) is 5.75 Å². The molecule has 140 valence electrons. The van der Waals surface area contributed by atoms with Crippen LogP contribution in [-0.4, -0.2) is 79.5 Å². The molecule has 1 amide bonds. The number of hydrogen-bond acceptors (Lipinski definition) is 5. The van der Waals surface area contributed by atoms with Crippen molar-refractivity contribution >= 4 is 26.6 Å². The van der Waals surface area contributed by atoms with Crippen LogP contribution in [0.3, 0.4) is 0 Å². The van der Waals surface area contributed by atoms with Gasteiger partial charge < -0.3 is 14.2 Å². The number of ether oxygens (including phenoxy) is 1. The molecule has 1 aromatic heterocycles. The van der Waals surface area contributed by atoms with Crippen LogP contribution in [-0.2, 0) is 16.9 Å². The Hall–Kier alpha value is -2.06. The molecule has 0 spiro atoms. The number of carbonyl (C=O) groups excluding carboxylic acids is 1. The standard InChI is InChI=1S/C18H23N3O4S/c1-19-6-7-21(17-11-26(23,24)10-16(17)19)18(22)15-8-12-4-5-13(25-3)9-14(12)20(15)2/h4-5,8-9,16-17H,6-7,10-11H2,1-3H3/t16-,17+/m1/s1. The van der Waals surface area contributed by atoms with Gasteiger partial charge in [0, 0.05) is 37.6 Å². The number of carbonyl (C=O) groups is 1. The minimum Gasteiger partial charge on any atom is -0.497 e. The molecule has 1 aromatic carbocycles. The third kappa shape index (κ3) is 2.68. The van der Waals surface area contributed by atoms with Gasteiger partial charge in [0.2, 0.25) is 0 Å². The highest BCUT2D eigenvalue weighted by Gasteiger charge is 2.47. The molecular formula is C18H23N3O4S. The number of rotatable bonds is 2. The number of fused-ring (bicyclic) bond motifs is 2. The highest BCUT2D eigenvalue weighted by molar-refractivity contribution is 7.91. The van der Waals surface area contributed by atoms with Crippen molar-refractivity contribution in [1.82, 2.24) is 14.4 Å². The van der Waals surface area contributed by atoms with Gasteiger partial charge >= 0.3 is 0 Å². The first-order valence-corrected chi connectivity index (χ1v) is 10.5. The summed E-state index contributed by atoms with van der Waals surface area (Å²) in [5.74, 6) is 0.803. The van der Waals surface area contributed by atoms with Gasteiger partial charge in [-0.3, -0.25) is 9.69 Å². The molecule has 0 radical (unpaired) electrons. The SMILES string of the molecule is COc1ccc2cc(C(=O)N3CCN(C)[C@@H]4CS(=O)(=O)C[C@@H]43)n(C)c2c1. The zero-order chi connectivity index (χ0) is 18.6. The molecule has 2 aliphatic heterocycles. The summed E-state index contributed by atoms with van der Waals surface area (Å²) in [6.45, 7) is 1.22. The summed E-state index contributed by atoms with van der Waals surface area (Å²) in [5, 5.41) is 0.960. The Labute approximate surface area is 153 Å². The van der Waals surface area contributed by atoms with Gasteiger partial charge in [0.25, 0.3) is 5.91 Å². The van der Waals surface area contributed by atoms with E-state index in [9.17, 15) is 13.2 Å². The molecule has 0 unspecified atom stereocenters. The van der Waals surface area contributed by atoms with E-state index in [1.54, 1.807) is 12.0 Å². The first-order chi connectivity index (χ1) is 12.3. The molecule has 4 rings (SSSR count). The predicted molar refractivity (Wildman–Crippen MR) is 99.4 cm³/mol. The fourth-order valence-corrected chi connectivity index (χ4v) is 6.22. The fraction of sp³-hybridized carbons (Fsp3) is 0.500. The van der Waals surface area contributed by atoms with E-state index in [0.717, 1.165) is 16.7 Å². The molecule has 7 nitrogen and oxygen atoms in total. The van der Waals surface area contributed by atoms with Crippen LogP contribution in [0, 0.1) is 0 Å².